The summed E-state index contributed by atoms with van der Waals surface area (Å²) >= 11 is 0. The highest BCUT2D eigenvalue weighted by molar-refractivity contribution is 6.22. The molecule has 38 heavy (non-hydrogen) atoms. The van der Waals surface area contributed by atoms with Crippen molar-refractivity contribution in [3.8, 4) is 0 Å². The van der Waals surface area contributed by atoms with Gasteiger partial charge < -0.3 is 22.9 Å². The molecular formula is C29H37N5O4. The molecule has 4 aromatic rings. The second-order valence-corrected chi connectivity index (χ2v) is 10.3. The molecule has 0 bridgehead atoms. The molecule has 3 aromatic carbocycles. The van der Waals surface area contributed by atoms with E-state index in [-0.39, 0.29) is 61.6 Å². The first-order valence-corrected chi connectivity index (χ1v) is 13.6. The van der Waals surface area contributed by atoms with Gasteiger partial charge in [-0.05, 0) is 18.6 Å². The van der Waals surface area contributed by atoms with E-state index in [0.717, 1.165) is 23.8 Å². The quantitative estimate of drug-likeness (QED) is 0.0942. The van der Waals surface area contributed by atoms with Crippen molar-refractivity contribution in [1.82, 2.24) is 4.57 Å². The lowest BCUT2D eigenvalue weighted by Gasteiger charge is -2.10. The highest BCUT2D eigenvalue weighted by Crippen LogP contribution is 2.33. The molecule has 0 saturated carbocycles. The van der Waals surface area contributed by atoms with E-state index in [1.54, 1.807) is 0 Å². The van der Waals surface area contributed by atoms with E-state index in [1.807, 2.05) is 0 Å². The molecule has 9 nitrogen and oxygen atoms in total. The van der Waals surface area contributed by atoms with E-state index in [2.05, 4.69) is 6.92 Å². The Morgan fingerprint density at radius 1 is 0.526 bits per heavy atom. The average molecular weight is 520 g/mol. The smallest absolute Gasteiger partial charge is 0.263 e. The predicted octanol–water partition coefficient (Wildman–Crippen LogP) is 3.90. The number of nitrogens with zero attached hydrogens (tertiary/aromatic N) is 1. The van der Waals surface area contributed by atoms with Crippen LogP contribution in [0.4, 0.5) is 22.7 Å². The van der Waals surface area contributed by atoms with Crippen LogP contribution in [-0.2, 0) is 6.54 Å². The van der Waals surface area contributed by atoms with Crippen LogP contribution in [0.2, 0.25) is 0 Å². The fourth-order valence-electron chi connectivity index (χ4n) is 5.58. The van der Waals surface area contributed by atoms with Crippen LogP contribution in [0.25, 0.3) is 32.3 Å². The molecule has 0 radical (unpaired) electrons. The Morgan fingerprint density at radius 2 is 0.895 bits per heavy atom. The zero-order chi connectivity index (χ0) is 27.6. The van der Waals surface area contributed by atoms with Crippen LogP contribution in [0, 0.1) is 0 Å². The highest BCUT2D eigenvalue weighted by Gasteiger charge is 2.26. The second kappa shape index (κ2) is 11.2. The molecule has 0 aliphatic heterocycles. The van der Waals surface area contributed by atoms with Gasteiger partial charge in [-0.3, -0.25) is 23.7 Å². The van der Waals surface area contributed by atoms with E-state index in [0.29, 0.717) is 6.42 Å². The van der Waals surface area contributed by atoms with Crippen LogP contribution >= 0.6 is 0 Å². The van der Waals surface area contributed by atoms with Gasteiger partial charge in [0.2, 0.25) is 0 Å². The Morgan fingerprint density at radius 3 is 1.29 bits per heavy atom. The lowest BCUT2D eigenvalue weighted by molar-refractivity contribution is 0.526. The first-order valence-electron chi connectivity index (χ1n) is 13.6. The number of hydrogen-bond donors (Lipinski definition) is 4. The number of aromatic nitrogens is 1. The molecular weight excluding hydrogens is 482 g/mol. The van der Waals surface area contributed by atoms with Crippen molar-refractivity contribution < 1.29 is 0 Å². The number of benzene rings is 3. The molecule has 9 heteroatoms. The lowest BCUT2D eigenvalue weighted by Crippen LogP contribution is -2.25. The summed E-state index contributed by atoms with van der Waals surface area (Å²) in [5, 5.41) is -0.781. The van der Waals surface area contributed by atoms with Crippen molar-refractivity contribution in [2.75, 3.05) is 22.9 Å². The van der Waals surface area contributed by atoms with E-state index in [1.165, 1.54) is 57.1 Å². The summed E-state index contributed by atoms with van der Waals surface area (Å²) in [6.45, 7) is 2.43. The zero-order valence-corrected chi connectivity index (χ0v) is 22.0. The summed E-state index contributed by atoms with van der Waals surface area (Å²) in [5.74, 6) is 0. The van der Waals surface area contributed by atoms with Crippen LogP contribution < -0.4 is 44.9 Å². The van der Waals surface area contributed by atoms with Gasteiger partial charge >= 0.3 is 0 Å². The second-order valence-electron chi connectivity index (χ2n) is 10.3. The number of hydrogen-bond acceptors (Lipinski definition) is 8. The first-order chi connectivity index (χ1) is 18.2. The molecule has 0 unspecified atom stereocenters. The average Bonchev–Trinajstić information content (AvgIpc) is 3.14. The van der Waals surface area contributed by atoms with E-state index >= 15 is 0 Å². The minimum Gasteiger partial charge on any atom is -0.398 e. The minimum atomic E-state index is -0.643. The predicted molar refractivity (Wildman–Crippen MR) is 159 cm³/mol. The molecule has 8 N–H and O–H groups in total. The Labute approximate surface area is 220 Å². The largest absolute Gasteiger partial charge is 0.398 e. The fraction of sp³-hybridized carbons (Fsp3) is 0.448. The molecule has 0 aliphatic rings. The maximum absolute atomic E-state index is 13.4. The molecule has 1 aromatic heterocycles. The van der Waals surface area contributed by atoms with Gasteiger partial charge in [0, 0.05) is 17.9 Å². The van der Waals surface area contributed by atoms with Crippen LogP contribution in [0.15, 0.2) is 31.3 Å². The number of unbranched alkanes of at least 4 members (excludes halogenated alkanes) is 10. The lowest BCUT2D eigenvalue weighted by atomic mass is 9.95. The van der Waals surface area contributed by atoms with Crippen molar-refractivity contribution in [2.45, 2.75) is 84.1 Å². The Hall–Kier alpha value is -3.88. The van der Waals surface area contributed by atoms with Gasteiger partial charge in [-0.2, -0.15) is 0 Å². The fourth-order valence-corrected chi connectivity index (χ4v) is 5.58. The Bertz CT molecular complexity index is 1600. The monoisotopic (exact) mass is 519 g/mol. The maximum atomic E-state index is 13.4. The Kier molecular flexibility index (Phi) is 8.04. The summed E-state index contributed by atoms with van der Waals surface area (Å²) in [6.07, 6.45) is 12.6. The van der Waals surface area contributed by atoms with Gasteiger partial charge in [-0.15, -0.1) is 0 Å². The molecule has 0 amide bonds. The van der Waals surface area contributed by atoms with Crippen molar-refractivity contribution in [1.29, 1.82) is 0 Å². The van der Waals surface area contributed by atoms with Gasteiger partial charge in [0.05, 0.1) is 43.7 Å². The van der Waals surface area contributed by atoms with E-state index in [4.69, 9.17) is 22.9 Å². The van der Waals surface area contributed by atoms with Gasteiger partial charge in [0.25, 0.3) is 11.1 Å². The van der Waals surface area contributed by atoms with Crippen LogP contribution in [0.1, 0.15) is 77.6 Å². The highest BCUT2D eigenvalue weighted by atomic mass is 16.2. The number of nitrogen functional groups attached to an aromatic ring is 4. The number of rotatable bonds is 12. The van der Waals surface area contributed by atoms with Gasteiger partial charge in [-0.1, -0.05) is 71.1 Å². The molecule has 0 atom stereocenters. The van der Waals surface area contributed by atoms with E-state index in [9.17, 15) is 19.2 Å². The standard InChI is InChI=1S/C29H37N5O4/c1-2-3-4-5-6-7-8-9-10-11-12-15-34-28(37)22-23(29(34)38)25(33)21-20(24(22)32)26(35)18-16(30)13-14-17(31)19(18)27(21)36/h13-14H,2-12,15,30-33H2,1H3. The molecule has 0 spiro atoms. The third-order valence-corrected chi connectivity index (χ3v) is 7.66. The minimum absolute atomic E-state index is 0.0665. The summed E-state index contributed by atoms with van der Waals surface area (Å²) in [7, 11) is 0. The first kappa shape index (κ1) is 27.2. The van der Waals surface area contributed by atoms with Gasteiger partial charge in [0.1, 0.15) is 0 Å². The van der Waals surface area contributed by atoms with Crippen LogP contribution in [-0.4, -0.2) is 4.57 Å². The third kappa shape index (κ3) is 4.61. The molecule has 1 heterocycles. The third-order valence-electron chi connectivity index (χ3n) is 7.66. The van der Waals surface area contributed by atoms with Crippen molar-refractivity contribution in [3.05, 3.63) is 53.3 Å². The normalized spacial score (nSPS) is 11.8. The summed E-state index contributed by atoms with van der Waals surface area (Å²) in [5.41, 5.74) is 21.8. The molecule has 0 fully saturated rings. The number of anilines is 4. The number of nitrogens with two attached hydrogens (primary N) is 4. The van der Waals surface area contributed by atoms with E-state index < -0.39 is 22.0 Å². The summed E-state index contributed by atoms with van der Waals surface area (Å²) < 4.78 is 1.11. The maximum Gasteiger partial charge on any atom is 0.263 e. The molecule has 4 rings (SSSR count). The van der Waals surface area contributed by atoms with Gasteiger partial charge in [0.15, 0.2) is 10.9 Å². The summed E-state index contributed by atoms with van der Waals surface area (Å²) in [6, 6.07) is 2.86. The summed E-state index contributed by atoms with van der Waals surface area (Å²) in [4.78, 5) is 53.4. The SMILES string of the molecule is CCCCCCCCCCCCCn1c(=O)c2c(N)c3c(=O)c4c(N)ccc(N)c4c(=O)c3c(N)c2c1=O. The Balaban J connectivity index is 1.62. The van der Waals surface area contributed by atoms with Crippen molar-refractivity contribution >= 4 is 55.1 Å². The van der Waals surface area contributed by atoms with Crippen LogP contribution in [0.5, 0.6) is 0 Å². The van der Waals surface area contributed by atoms with Crippen molar-refractivity contribution in [2.24, 2.45) is 0 Å². The zero-order valence-electron chi connectivity index (χ0n) is 22.0. The topological polar surface area (TPSA) is 177 Å². The molecule has 0 saturated heterocycles. The van der Waals surface area contributed by atoms with Crippen LogP contribution in [0.3, 0.4) is 0 Å². The molecule has 0 aliphatic carbocycles. The van der Waals surface area contributed by atoms with Gasteiger partial charge in [-0.25, -0.2) is 0 Å². The molecule has 202 valence electrons. The number of fused-ring (bicyclic) bond motifs is 3. The van der Waals surface area contributed by atoms with Crippen molar-refractivity contribution in [3.63, 3.8) is 0 Å².